The molecule has 0 aliphatic carbocycles. The lowest BCUT2D eigenvalue weighted by Crippen LogP contribution is -2.51. The molecular formula is C28H32O9. The van der Waals surface area contributed by atoms with Crippen molar-refractivity contribution in [2.24, 2.45) is 0 Å². The number of ether oxygens (including phenoxy) is 8. The third-order valence-corrected chi connectivity index (χ3v) is 6.65. The maximum Gasteiger partial charge on any atom is 0.162 e. The Hall–Kier alpha value is -3.82. The van der Waals surface area contributed by atoms with Gasteiger partial charge in [0.25, 0.3) is 0 Å². The fourth-order valence-electron chi connectivity index (χ4n) is 4.90. The minimum atomic E-state index is -1.57. The molecule has 3 aromatic rings. The monoisotopic (exact) mass is 512 g/mol. The molecule has 0 unspecified atom stereocenters. The summed E-state index contributed by atoms with van der Waals surface area (Å²) >= 11 is 0. The molecule has 0 spiro atoms. The van der Waals surface area contributed by atoms with Gasteiger partial charge in [-0.3, -0.25) is 0 Å². The number of aliphatic hydroxyl groups is 1. The zero-order valence-electron chi connectivity index (χ0n) is 22.0. The van der Waals surface area contributed by atoms with Gasteiger partial charge < -0.3 is 43.0 Å². The first kappa shape index (κ1) is 26.2. The van der Waals surface area contributed by atoms with E-state index in [1.165, 1.54) is 28.4 Å². The fraction of sp³-hybridized carbons (Fsp3) is 0.357. The quantitative estimate of drug-likeness (QED) is 0.454. The molecule has 1 aliphatic rings. The Bertz CT molecular complexity index is 1230. The maximum absolute atomic E-state index is 12.2. The van der Waals surface area contributed by atoms with Gasteiger partial charge in [-0.25, -0.2) is 0 Å². The van der Waals surface area contributed by atoms with Gasteiger partial charge in [-0.2, -0.15) is 0 Å². The van der Waals surface area contributed by atoms with Crippen molar-refractivity contribution in [3.8, 4) is 40.2 Å². The normalized spacial score (nSPS) is 20.3. The van der Waals surface area contributed by atoms with Crippen LogP contribution in [-0.2, 0) is 10.3 Å². The third kappa shape index (κ3) is 4.24. The van der Waals surface area contributed by atoms with E-state index < -0.39 is 17.8 Å². The van der Waals surface area contributed by atoms with Crippen LogP contribution in [0.4, 0.5) is 0 Å². The summed E-state index contributed by atoms with van der Waals surface area (Å²) in [5.41, 5.74) is -0.00452. The number of hydrogen-bond donors (Lipinski definition) is 1. The van der Waals surface area contributed by atoms with Gasteiger partial charge in [0.1, 0.15) is 46.4 Å². The molecule has 0 radical (unpaired) electrons. The predicted molar refractivity (Wildman–Crippen MR) is 136 cm³/mol. The zero-order valence-corrected chi connectivity index (χ0v) is 22.0. The minimum absolute atomic E-state index is 0.382. The van der Waals surface area contributed by atoms with Crippen LogP contribution in [0.15, 0.2) is 48.5 Å². The maximum atomic E-state index is 12.2. The number of fused-ring (bicyclic) bond motifs is 1. The van der Waals surface area contributed by atoms with Crippen molar-refractivity contribution in [2.75, 3.05) is 49.8 Å². The Morgan fingerprint density at radius 2 is 1.19 bits per heavy atom. The smallest absolute Gasteiger partial charge is 0.162 e. The Morgan fingerprint density at radius 1 is 0.649 bits per heavy atom. The van der Waals surface area contributed by atoms with Crippen LogP contribution in [0.1, 0.15) is 22.8 Å². The van der Waals surface area contributed by atoms with Gasteiger partial charge in [-0.1, -0.05) is 12.1 Å². The minimum Gasteiger partial charge on any atom is -0.497 e. The topological polar surface area (TPSA) is 94.1 Å². The summed E-state index contributed by atoms with van der Waals surface area (Å²) in [5.74, 6) is 3.19. The van der Waals surface area contributed by atoms with Gasteiger partial charge in [0.15, 0.2) is 11.7 Å². The Morgan fingerprint density at radius 3 is 1.70 bits per heavy atom. The number of benzene rings is 3. The van der Waals surface area contributed by atoms with Crippen LogP contribution in [0, 0.1) is 0 Å². The van der Waals surface area contributed by atoms with Crippen molar-refractivity contribution < 1.29 is 43.0 Å². The zero-order chi connectivity index (χ0) is 26.7. The van der Waals surface area contributed by atoms with Crippen LogP contribution < -0.4 is 33.2 Å². The van der Waals surface area contributed by atoms with Crippen LogP contribution in [-0.4, -0.2) is 61.0 Å². The number of methoxy groups -OCH3 is 7. The number of hydrogen-bond acceptors (Lipinski definition) is 9. The highest BCUT2D eigenvalue weighted by Gasteiger charge is 2.57. The number of aliphatic hydroxyl groups excluding tert-OH is 1. The molecule has 4 rings (SSSR count). The number of rotatable bonds is 9. The van der Waals surface area contributed by atoms with E-state index >= 15 is 0 Å². The first-order chi connectivity index (χ1) is 17.9. The summed E-state index contributed by atoms with van der Waals surface area (Å²) in [5, 5.41) is 12.2. The van der Waals surface area contributed by atoms with Gasteiger partial charge in [0.2, 0.25) is 0 Å². The first-order valence-corrected chi connectivity index (χ1v) is 11.5. The van der Waals surface area contributed by atoms with Crippen molar-refractivity contribution in [1.29, 1.82) is 0 Å². The summed E-state index contributed by atoms with van der Waals surface area (Å²) in [6, 6.07) is 14.1. The van der Waals surface area contributed by atoms with E-state index in [0.717, 1.165) is 0 Å². The van der Waals surface area contributed by atoms with Crippen LogP contribution in [0.25, 0.3) is 0 Å². The van der Waals surface area contributed by atoms with E-state index in [-0.39, 0.29) is 0 Å². The summed E-state index contributed by atoms with van der Waals surface area (Å²) in [6.45, 7) is 0. The van der Waals surface area contributed by atoms with Crippen LogP contribution in [0.2, 0.25) is 0 Å². The Balaban J connectivity index is 2.12. The van der Waals surface area contributed by atoms with Gasteiger partial charge in [0, 0.05) is 31.4 Å². The van der Waals surface area contributed by atoms with Gasteiger partial charge >= 0.3 is 0 Å². The van der Waals surface area contributed by atoms with Crippen molar-refractivity contribution in [3.05, 3.63) is 65.2 Å². The van der Waals surface area contributed by atoms with Crippen molar-refractivity contribution in [2.45, 2.75) is 17.8 Å². The summed E-state index contributed by atoms with van der Waals surface area (Å²) in [6.07, 6.45) is -2.17. The van der Waals surface area contributed by atoms with E-state index in [1.807, 2.05) is 18.2 Å². The molecule has 1 N–H and O–H groups in total. The molecule has 0 aromatic heterocycles. The van der Waals surface area contributed by atoms with Crippen molar-refractivity contribution in [3.63, 3.8) is 0 Å². The average Bonchev–Trinajstić information content (AvgIpc) is 2.95. The lowest BCUT2D eigenvalue weighted by atomic mass is 9.74. The van der Waals surface area contributed by atoms with Crippen molar-refractivity contribution in [1.82, 2.24) is 0 Å². The van der Waals surface area contributed by atoms with E-state index in [0.29, 0.717) is 56.9 Å². The van der Waals surface area contributed by atoms with Crippen molar-refractivity contribution >= 4 is 0 Å². The van der Waals surface area contributed by atoms with E-state index in [2.05, 4.69) is 0 Å². The van der Waals surface area contributed by atoms with E-state index in [1.54, 1.807) is 51.7 Å². The third-order valence-electron chi connectivity index (χ3n) is 6.65. The highest BCUT2D eigenvalue weighted by atomic mass is 16.6. The second kappa shape index (κ2) is 10.7. The van der Waals surface area contributed by atoms with Crippen LogP contribution in [0.5, 0.6) is 40.2 Å². The highest BCUT2D eigenvalue weighted by Crippen LogP contribution is 2.58. The first-order valence-electron chi connectivity index (χ1n) is 11.5. The molecule has 0 amide bonds. The molecule has 9 nitrogen and oxygen atoms in total. The summed E-state index contributed by atoms with van der Waals surface area (Å²) < 4.78 is 46.5. The molecule has 3 atom stereocenters. The molecule has 1 heterocycles. The molecule has 3 aromatic carbocycles. The van der Waals surface area contributed by atoms with Gasteiger partial charge in [0.05, 0.1) is 53.8 Å². The van der Waals surface area contributed by atoms with Gasteiger partial charge in [-0.15, -0.1) is 0 Å². The Labute approximate surface area is 216 Å². The lowest BCUT2D eigenvalue weighted by Gasteiger charge is -2.46. The Kier molecular flexibility index (Phi) is 7.56. The average molecular weight is 513 g/mol. The summed E-state index contributed by atoms with van der Waals surface area (Å²) in [4.78, 5) is 0. The lowest BCUT2D eigenvalue weighted by molar-refractivity contribution is -0.140. The SMILES string of the molecule is COc1cccc([C@H]2Oc3cc(OC)cc(OC)c3[C@](OC)(c3c(OC)cc(OC)cc3OC)[C@H]2O)c1. The molecule has 0 saturated carbocycles. The standard InChI is InChI=1S/C28H32O9/c1-30-17-10-8-9-16(11-17)26-27(29)28(36-7,24-20(33-4)12-18(31-2)13-21(24)34-5)25-22(35-6)14-19(32-3)15-23(25)37-26/h8-15,26-27,29H,1-7H3/t26-,27+,28-/m1/s1. The second-order valence-corrected chi connectivity index (χ2v) is 8.31. The van der Waals surface area contributed by atoms with Crippen LogP contribution >= 0.6 is 0 Å². The largest absolute Gasteiger partial charge is 0.497 e. The predicted octanol–water partition coefficient (Wildman–Crippen LogP) is 4.12. The molecule has 0 fully saturated rings. The molecule has 0 saturated heterocycles. The molecule has 198 valence electrons. The molecule has 0 bridgehead atoms. The van der Waals surface area contributed by atoms with Crippen LogP contribution in [0.3, 0.4) is 0 Å². The molecule has 9 heteroatoms. The fourth-order valence-corrected chi connectivity index (χ4v) is 4.90. The summed E-state index contributed by atoms with van der Waals surface area (Å²) in [7, 11) is 10.8. The van der Waals surface area contributed by atoms with E-state index in [9.17, 15) is 5.11 Å². The molecular weight excluding hydrogens is 480 g/mol. The van der Waals surface area contributed by atoms with Gasteiger partial charge in [-0.05, 0) is 17.7 Å². The van der Waals surface area contributed by atoms with E-state index in [4.69, 9.17) is 37.9 Å². The molecule has 37 heavy (non-hydrogen) atoms. The second-order valence-electron chi connectivity index (χ2n) is 8.31. The highest BCUT2D eigenvalue weighted by molar-refractivity contribution is 5.65. The molecule has 1 aliphatic heterocycles.